The number of hydrogen-bond donors (Lipinski definition) is 0. The maximum Gasteiger partial charge on any atom is 0.313 e. The van der Waals surface area contributed by atoms with Gasteiger partial charge in [-0.3, -0.25) is 9.59 Å². The Bertz CT molecular complexity index is 399. The molecule has 0 atom stereocenters. The van der Waals surface area contributed by atoms with Gasteiger partial charge < -0.3 is 18.9 Å². The summed E-state index contributed by atoms with van der Waals surface area (Å²) < 4.78 is 19.9. The summed E-state index contributed by atoms with van der Waals surface area (Å²) in [6.07, 6.45) is 1.55. The predicted molar refractivity (Wildman–Crippen MR) is 98.2 cm³/mol. The van der Waals surface area contributed by atoms with Gasteiger partial charge in [-0.15, -0.1) is 0 Å². The van der Waals surface area contributed by atoms with Gasteiger partial charge in [-0.2, -0.15) is 0 Å². The molecule has 0 aliphatic heterocycles. The molecule has 0 radical (unpaired) electrons. The van der Waals surface area contributed by atoms with Gasteiger partial charge in [0.05, 0.1) is 17.4 Å². The molecule has 150 valence electrons. The number of hydrogen-bond acceptors (Lipinski definition) is 6. The Labute approximate surface area is 153 Å². The van der Waals surface area contributed by atoms with Crippen LogP contribution in [0.4, 0.5) is 0 Å². The van der Waals surface area contributed by atoms with E-state index in [2.05, 4.69) is 0 Å². The van der Waals surface area contributed by atoms with Gasteiger partial charge in [0.15, 0.2) is 0 Å². The van der Waals surface area contributed by atoms with Crippen LogP contribution < -0.4 is 0 Å². The van der Waals surface area contributed by atoms with E-state index in [-0.39, 0.29) is 17.4 Å². The van der Waals surface area contributed by atoms with Gasteiger partial charge >= 0.3 is 11.9 Å². The zero-order valence-corrected chi connectivity index (χ0v) is 17.8. The zero-order chi connectivity index (χ0) is 20.3. The van der Waals surface area contributed by atoms with Crippen LogP contribution >= 0.6 is 0 Å². The fraction of sp³-hybridized carbons (Fsp3) is 0.895. The van der Waals surface area contributed by atoms with Crippen molar-refractivity contribution in [1.82, 2.24) is 0 Å². The maximum atomic E-state index is 11.6. The van der Waals surface area contributed by atoms with Gasteiger partial charge in [-0.25, -0.2) is 0 Å². The highest BCUT2D eigenvalue weighted by atomic mass is 16.7. The molecule has 0 N–H and O–H groups in total. The standard InChI is InChI=1S/C10H20O3.C9H18O3/c1-7-9(2,3)8(11)13-10(4,5)12-6;1-5-9(2,3)8(10)12-7-6-11-4/h7H2,1-6H3;5-7H2,1-4H3. The number of rotatable bonds is 9. The highest BCUT2D eigenvalue weighted by Crippen LogP contribution is 2.25. The van der Waals surface area contributed by atoms with Gasteiger partial charge in [-0.05, 0) is 40.5 Å². The highest BCUT2D eigenvalue weighted by molar-refractivity contribution is 5.76. The van der Waals surface area contributed by atoms with E-state index in [1.54, 1.807) is 21.0 Å². The fourth-order valence-corrected chi connectivity index (χ4v) is 1.10. The molecule has 6 nitrogen and oxygen atoms in total. The number of ether oxygens (including phenoxy) is 4. The summed E-state index contributed by atoms with van der Waals surface area (Å²) >= 11 is 0. The van der Waals surface area contributed by atoms with Crippen molar-refractivity contribution in [3.8, 4) is 0 Å². The fourth-order valence-electron chi connectivity index (χ4n) is 1.10. The molecule has 0 aromatic carbocycles. The largest absolute Gasteiger partial charge is 0.463 e. The van der Waals surface area contributed by atoms with Gasteiger partial charge in [0.25, 0.3) is 0 Å². The minimum Gasteiger partial charge on any atom is -0.463 e. The van der Waals surface area contributed by atoms with Crippen molar-refractivity contribution in [2.24, 2.45) is 10.8 Å². The lowest BCUT2D eigenvalue weighted by atomic mass is 9.90. The van der Waals surface area contributed by atoms with Crippen LogP contribution in [0, 0.1) is 10.8 Å². The first-order valence-electron chi connectivity index (χ1n) is 8.74. The topological polar surface area (TPSA) is 71.1 Å². The molecular formula is C19H38O6. The molecule has 0 heterocycles. The lowest BCUT2D eigenvalue weighted by Gasteiger charge is -2.28. The molecule has 0 aromatic heterocycles. The second-order valence-corrected chi connectivity index (χ2v) is 7.60. The van der Waals surface area contributed by atoms with E-state index in [0.717, 1.165) is 12.8 Å². The van der Waals surface area contributed by atoms with Crippen LogP contribution in [-0.2, 0) is 28.5 Å². The molecule has 0 fully saturated rings. The van der Waals surface area contributed by atoms with Crippen molar-refractivity contribution in [1.29, 1.82) is 0 Å². The Balaban J connectivity index is 0. The highest BCUT2D eigenvalue weighted by Gasteiger charge is 2.32. The third kappa shape index (κ3) is 11.2. The molecule has 0 saturated heterocycles. The second kappa shape index (κ2) is 11.5. The molecule has 25 heavy (non-hydrogen) atoms. The second-order valence-electron chi connectivity index (χ2n) is 7.60. The van der Waals surface area contributed by atoms with E-state index in [4.69, 9.17) is 18.9 Å². The van der Waals surface area contributed by atoms with Gasteiger partial charge in [0.1, 0.15) is 6.61 Å². The van der Waals surface area contributed by atoms with E-state index >= 15 is 0 Å². The molecule has 0 bridgehead atoms. The first-order chi connectivity index (χ1) is 11.3. The Morgan fingerprint density at radius 2 is 1.20 bits per heavy atom. The summed E-state index contributed by atoms with van der Waals surface area (Å²) in [5.41, 5.74) is -0.802. The van der Waals surface area contributed by atoms with Crippen molar-refractivity contribution >= 4 is 11.9 Å². The average Bonchev–Trinajstić information content (AvgIpc) is 2.55. The minimum absolute atomic E-state index is 0.151. The molecule has 0 rings (SSSR count). The molecule has 0 spiro atoms. The Kier molecular flexibility index (Phi) is 12.0. The Hall–Kier alpha value is -1.14. The zero-order valence-electron chi connectivity index (χ0n) is 17.8. The van der Waals surface area contributed by atoms with Gasteiger partial charge in [-0.1, -0.05) is 13.8 Å². The third-order valence-corrected chi connectivity index (χ3v) is 4.22. The molecule has 0 aliphatic rings. The van der Waals surface area contributed by atoms with Crippen LogP contribution in [0.1, 0.15) is 68.2 Å². The molecule has 0 amide bonds. The first-order valence-corrected chi connectivity index (χ1v) is 8.74. The van der Waals surface area contributed by atoms with Crippen molar-refractivity contribution in [2.75, 3.05) is 27.4 Å². The van der Waals surface area contributed by atoms with Gasteiger partial charge in [0.2, 0.25) is 5.79 Å². The third-order valence-electron chi connectivity index (χ3n) is 4.22. The normalized spacial score (nSPS) is 12.1. The van der Waals surface area contributed by atoms with Crippen molar-refractivity contribution in [2.45, 2.75) is 74.0 Å². The summed E-state index contributed by atoms with van der Waals surface area (Å²) in [4.78, 5) is 22.9. The lowest BCUT2D eigenvalue weighted by Crippen LogP contribution is -2.36. The van der Waals surface area contributed by atoms with Gasteiger partial charge in [0, 0.05) is 28.1 Å². The summed E-state index contributed by atoms with van der Waals surface area (Å²) in [5, 5.41) is 0. The maximum absolute atomic E-state index is 11.6. The average molecular weight is 363 g/mol. The Morgan fingerprint density at radius 3 is 1.56 bits per heavy atom. The van der Waals surface area contributed by atoms with E-state index in [1.165, 1.54) is 7.11 Å². The number of carbonyl (C=O) groups excluding carboxylic acids is 2. The van der Waals surface area contributed by atoms with Crippen molar-refractivity contribution < 1.29 is 28.5 Å². The summed E-state index contributed by atoms with van der Waals surface area (Å²) in [6.45, 7) is 15.7. The number of esters is 2. The van der Waals surface area contributed by atoms with Crippen LogP contribution in [0.2, 0.25) is 0 Å². The molecule has 0 unspecified atom stereocenters. The lowest BCUT2D eigenvalue weighted by molar-refractivity contribution is -0.214. The molecule has 0 aromatic rings. The van der Waals surface area contributed by atoms with Crippen molar-refractivity contribution in [3.05, 3.63) is 0 Å². The monoisotopic (exact) mass is 362 g/mol. The summed E-state index contributed by atoms with van der Waals surface area (Å²) in [6, 6.07) is 0. The molecule has 0 aliphatic carbocycles. The smallest absolute Gasteiger partial charge is 0.313 e. The number of carbonyl (C=O) groups is 2. The van der Waals surface area contributed by atoms with Crippen LogP contribution in [0.15, 0.2) is 0 Å². The molecular weight excluding hydrogens is 324 g/mol. The van der Waals surface area contributed by atoms with Crippen LogP contribution in [0.25, 0.3) is 0 Å². The first kappa shape index (κ1) is 26.1. The van der Waals surface area contributed by atoms with Crippen LogP contribution in [0.3, 0.4) is 0 Å². The minimum atomic E-state index is -0.830. The number of methoxy groups -OCH3 is 2. The molecule has 6 heteroatoms. The SMILES string of the molecule is CCC(C)(C)C(=O)OC(C)(C)OC.CCC(C)(C)C(=O)OCCOC. The molecule has 0 saturated carbocycles. The van der Waals surface area contributed by atoms with E-state index in [1.807, 2.05) is 41.5 Å². The van der Waals surface area contributed by atoms with Crippen molar-refractivity contribution in [3.63, 3.8) is 0 Å². The van der Waals surface area contributed by atoms with Crippen LogP contribution in [0.5, 0.6) is 0 Å². The summed E-state index contributed by atoms with van der Waals surface area (Å²) in [5.74, 6) is -1.20. The predicted octanol–water partition coefficient (Wildman–Crippen LogP) is 3.96. The van der Waals surface area contributed by atoms with E-state index in [0.29, 0.717) is 13.2 Å². The van der Waals surface area contributed by atoms with Crippen LogP contribution in [-0.4, -0.2) is 45.2 Å². The Morgan fingerprint density at radius 1 is 0.760 bits per heavy atom. The summed E-state index contributed by atoms with van der Waals surface area (Å²) in [7, 11) is 3.10. The van der Waals surface area contributed by atoms with E-state index < -0.39 is 11.2 Å². The van der Waals surface area contributed by atoms with E-state index in [9.17, 15) is 9.59 Å². The quantitative estimate of drug-likeness (QED) is 0.351.